The SMILES string of the molecule is CC(=O)[C@]1(O)CC[C@@H]2[C@H]3C=CC4=CC(=O)CC[C@@]4(C)[C@@H]3CC[C@]21C. The smallest absolute Gasteiger partial charge is 0.161 e. The van der Waals surface area contributed by atoms with Crippen LogP contribution in [0.15, 0.2) is 23.8 Å². The molecule has 4 aliphatic rings. The zero-order valence-electron chi connectivity index (χ0n) is 15.0. The second kappa shape index (κ2) is 4.91. The van der Waals surface area contributed by atoms with Crippen LogP contribution in [0, 0.1) is 28.6 Å². The molecule has 0 saturated heterocycles. The van der Waals surface area contributed by atoms with Gasteiger partial charge < -0.3 is 5.11 Å². The lowest BCUT2D eigenvalue weighted by Crippen LogP contribution is -2.56. The number of Topliss-reactive ketones (excluding diaryl/α,β-unsaturated/α-hetero) is 1. The third-order valence-electron chi connectivity index (χ3n) is 8.25. The molecule has 1 N–H and O–H groups in total. The van der Waals surface area contributed by atoms with Gasteiger partial charge in [-0.2, -0.15) is 0 Å². The van der Waals surface area contributed by atoms with Crippen LogP contribution in [0.25, 0.3) is 0 Å². The van der Waals surface area contributed by atoms with E-state index >= 15 is 0 Å². The van der Waals surface area contributed by atoms with Crippen molar-refractivity contribution < 1.29 is 14.7 Å². The van der Waals surface area contributed by atoms with Crippen molar-refractivity contribution in [3.8, 4) is 0 Å². The molecule has 2 fully saturated rings. The standard InChI is InChI=1S/C21H28O3/c1-13(22)21(24)11-8-18-16-5-4-14-12-15(23)6-9-19(14,2)17(16)7-10-20(18,21)3/h4-5,12,16-18,24H,6-11H2,1-3H3/t16-,17+,18+,19+,20+,21+/m0/s1. The van der Waals surface area contributed by atoms with Gasteiger partial charge in [-0.25, -0.2) is 0 Å². The molecule has 0 heterocycles. The summed E-state index contributed by atoms with van der Waals surface area (Å²) in [4.78, 5) is 24.0. The van der Waals surface area contributed by atoms with E-state index in [9.17, 15) is 14.7 Å². The molecule has 3 nitrogen and oxygen atoms in total. The third-order valence-corrected chi connectivity index (χ3v) is 8.25. The number of hydrogen-bond acceptors (Lipinski definition) is 3. The van der Waals surface area contributed by atoms with Gasteiger partial charge in [-0.3, -0.25) is 9.59 Å². The highest BCUT2D eigenvalue weighted by atomic mass is 16.3. The molecule has 3 heteroatoms. The number of aliphatic hydroxyl groups is 1. The van der Waals surface area contributed by atoms with Crippen molar-refractivity contribution >= 4 is 11.6 Å². The molecule has 0 spiro atoms. The highest BCUT2D eigenvalue weighted by Crippen LogP contribution is 2.66. The van der Waals surface area contributed by atoms with Gasteiger partial charge in [0.05, 0.1) is 0 Å². The van der Waals surface area contributed by atoms with Gasteiger partial charge in [0.25, 0.3) is 0 Å². The van der Waals surface area contributed by atoms with E-state index in [1.165, 1.54) is 5.57 Å². The molecule has 0 amide bonds. The lowest BCUT2D eigenvalue weighted by molar-refractivity contribution is -0.156. The summed E-state index contributed by atoms with van der Waals surface area (Å²) in [6.07, 6.45) is 11.3. The molecule has 0 aliphatic heterocycles. The minimum Gasteiger partial charge on any atom is -0.382 e. The van der Waals surface area contributed by atoms with Gasteiger partial charge in [0.15, 0.2) is 11.6 Å². The average Bonchev–Trinajstić information content (AvgIpc) is 2.81. The molecule has 2 saturated carbocycles. The first kappa shape index (κ1) is 16.3. The van der Waals surface area contributed by atoms with Crippen LogP contribution < -0.4 is 0 Å². The van der Waals surface area contributed by atoms with Crippen LogP contribution in [0.4, 0.5) is 0 Å². The molecule has 0 radical (unpaired) electrons. The molecule has 0 bridgehead atoms. The zero-order chi connectivity index (χ0) is 17.3. The average molecular weight is 328 g/mol. The van der Waals surface area contributed by atoms with Gasteiger partial charge in [0, 0.05) is 11.8 Å². The molecule has 0 aromatic heterocycles. The number of ketones is 2. The fourth-order valence-electron chi connectivity index (χ4n) is 6.59. The Balaban J connectivity index is 1.75. The first-order valence-electron chi connectivity index (χ1n) is 9.39. The Morgan fingerprint density at radius 2 is 1.88 bits per heavy atom. The summed E-state index contributed by atoms with van der Waals surface area (Å²) < 4.78 is 0. The minimum absolute atomic E-state index is 0.0687. The van der Waals surface area contributed by atoms with Gasteiger partial charge in [0.2, 0.25) is 0 Å². The van der Waals surface area contributed by atoms with Crippen LogP contribution in [0.2, 0.25) is 0 Å². The number of fused-ring (bicyclic) bond motifs is 5. The quantitative estimate of drug-likeness (QED) is 0.800. The Morgan fingerprint density at radius 1 is 1.17 bits per heavy atom. The number of rotatable bonds is 1. The lowest BCUT2D eigenvalue weighted by Gasteiger charge is -2.56. The maximum absolute atomic E-state index is 12.2. The molecule has 24 heavy (non-hydrogen) atoms. The highest BCUT2D eigenvalue weighted by molar-refractivity contribution is 5.92. The van der Waals surface area contributed by atoms with E-state index in [4.69, 9.17) is 0 Å². The molecule has 4 rings (SSSR count). The summed E-state index contributed by atoms with van der Waals surface area (Å²) in [5.74, 6) is 1.47. The van der Waals surface area contributed by atoms with E-state index in [0.717, 1.165) is 25.7 Å². The van der Waals surface area contributed by atoms with Crippen LogP contribution in [0.1, 0.15) is 59.3 Å². The van der Waals surface area contributed by atoms with Crippen molar-refractivity contribution in [1.29, 1.82) is 0 Å². The second-order valence-electron chi connectivity index (χ2n) is 9.04. The Morgan fingerprint density at radius 3 is 2.58 bits per heavy atom. The molecule has 0 aromatic rings. The summed E-state index contributed by atoms with van der Waals surface area (Å²) >= 11 is 0. The van der Waals surface area contributed by atoms with Crippen LogP contribution >= 0.6 is 0 Å². The highest BCUT2D eigenvalue weighted by Gasteiger charge is 2.64. The fourth-order valence-corrected chi connectivity index (χ4v) is 6.59. The van der Waals surface area contributed by atoms with Crippen LogP contribution in [0.3, 0.4) is 0 Å². The summed E-state index contributed by atoms with van der Waals surface area (Å²) in [6.45, 7) is 6.00. The first-order valence-corrected chi connectivity index (χ1v) is 9.39. The monoisotopic (exact) mass is 328 g/mol. The predicted octanol–water partition coefficient (Wildman–Crippen LogP) is 3.61. The number of carbonyl (C=O) groups excluding carboxylic acids is 2. The van der Waals surface area contributed by atoms with Gasteiger partial charge in [0.1, 0.15) is 5.60 Å². The Kier molecular flexibility index (Phi) is 3.32. The van der Waals surface area contributed by atoms with Gasteiger partial charge >= 0.3 is 0 Å². The summed E-state index contributed by atoms with van der Waals surface area (Å²) in [5, 5.41) is 11.1. The van der Waals surface area contributed by atoms with E-state index in [1.807, 2.05) is 6.08 Å². The molecule has 0 aromatic carbocycles. The van der Waals surface area contributed by atoms with Crippen LogP contribution in [-0.2, 0) is 9.59 Å². The minimum atomic E-state index is -1.16. The largest absolute Gasteiger partial charge is 0.382 e. The van der Waals surface area contributed by atoms with Crippen molar-refractivity contribution in [3.05, 3.63) is 23.8 Å². The van der Waals surface area contributed by atoms with E-state index in [0.29, 0.717) is 30.6 Å². The summed E-state index contributed by atoms with van der Waals surface area (Å²) in [6, 6.07) is 0. The molecule has 6 atom stereocenters. The van der Waals surface area contributed by atoms with E-state index in [1.54, 1.807) is 6.92 Å². The Hall–Kier alpha value is -1.22. The Labute approximate surface area is 144 Å². The van der Waals surface area contributed by atoms with Gasteiger partial charge in [-0.1, -0.05) is 26.0 Å². The Bertz CT molecular complexity index is 675. The van der Waals surface area contributed by atoms with Crippen molar-refractivity contribution in [2.45, 2.75) is 64.9 Å². The molecule has 130 valence electrons. The van der Waals surface area contributed by atoms with Crippen molar-refractivity contribution in [1.82, 2.24) is 0 Å². The predicted molar refractivity (Wildman–Crippen MR) is 92.2 cm³/mol. The van der Waals surface area contributed by atoms with E-state index in [-0.39, 0.29) is 22.4 Å². The second-order valence-corrected chi connectivity index (χ2v) is 9.04. The van der Waals surface area contributed by atoms with Crippen LogP contribution in [0.5, 0.6) is 0 Å². The van der Waals surface area contributed by atoms with Crippen molar-refractivity contribution in [3.63, 3.8) is 0 Å². The van der Waals surface area contributed by atoms with E-state index < -0.39 is 5.60 Å². The number of allylic oxidation sites excluding steroid dienone is 4. The summed E-state index contributed by atoms with van der Waals surface area (Å²) in [5.41, 5.74) is -0.197. The molecule has 4 aliphatic carbocycles. The fraction of sp³-hybridized carbons (Fsp3) is 0.714. The first-order chi connectivity index (χ1) is 11.2. The zero-order valence-corrected chi connectivity index (χ0v) is 15.0. The van der Waals surface area contributed by atoms with Gasteiger partial charge in [-0.05, 0) is 73.8 Å². The maximum atomic E-state index is 12.2. The summed E-state index contributed by atoms with van der Waals surface area (Å²) in [7, 11) is 0. The third kappa shape index (κ3) is 1.82. The number of hydrogen-bond donors (Lipinski definition) is 1. The topological polar surface area (TPSA) is 54.4 Å². The molecular weight excluding hydrogens is 300 g/mol. The lowest BCUT2D eigenvalue weighted by atomic mass is 9.48. The maximum Gasteiger partial charge on any atom is 0.161 e. The van der Waals surface area contributed by atoms with Crippen LogP contribution in [-0.4, -0.2) is 22.3 Å². The van der Waals surface area contributed by atoms with E-state index in [2.05, 4.69) is 26.0 Å². The molecular formula is C21H28O3. The van der Waals surface area contributed by atoms with Crippen molar-refractivity contribution in [2.24, 2.45) is 28.6 Å². The number of carbonyl (C=O) groups is 2. The van der Waals surface area contributed by atoms with Gasteiger partial charge in [-0.15, -0.1) is 0 Å². The van der Waals surface area contributed by atoms with Crippen molar-refractivity contribution in [2.75, 3.05) is 0 Å². The normalized spacial score (nSPS) is 49.9. The molecule has 0 unspecified atom stereocenters.